The van der Waals surface area contributed by atoms with Gasteiger partial charge in [0.1, 0.15) is 0 Å². The molecule has 0 aliphatic carbocycles. The first kappa shape index (κ1) is 5.34. The number of hydrazine groups is 1. The van der Waals surface area contributed by atoms with E-state index in [1.165, 1.54) is 0 Å². The summed E-state index contributed by atoms with van der Waals surface area (Å²) in [5.74, 6) is 0. The summed E-state index contributed by atoms with van der Waals surface area (Å²) in [6, 6.07) is 0. The lowest BCUT2D eigenvalue weighted by Gasteiger charge is -2.03. The summed E-state index contributed by atoms with van der Waals surface area (Å²) >= 11 is 5.64. The average molecular weight is 134 g/mol. The summed E-state index contributed by atoms with van der Waals surface area (Å²) in [6.07, 6.45) is 1.84. The van der Waals surface area contributed by atoms with Gasteiger partial charge >= 0.3 is 0 Å². The maximum atomic E-state index is 4.07. The zero-order valence-corrected chi connectivity index (χ0v) is 5.59. The minimum absolute atomic E-state index is 1.00. The Bertz CT molecular complexity index is 101. The normalized spacial score (nSPS) is 21.7. The first-order chi connectivity index (χ1) is 3.29. The Balaban J connectivity index is 2.42. The highest BCUT2D eigenvalue weighted by Gasteiger charge is 2.04. The van der Waals surface area contributed by atoms with Gasteiger partial charge in [0.25, 0.3) is 0 Å². The maximum absolute atomic E-state index is 4.07. The number of nitrogens with one attached hydrogen (secondary N) is 1. The zero-order chi connectivity index (χ0) is 5.28. The third-order valence-corrected chi connectivity index (χ3v) is 1.66. The molecule has 0 aromatic carbocycles. The van der Waals surface area contributed by atoms with E-state index in [4.69, 9.17) is 0 Å². The second-order valence-corrected chi connectivity index (χ2v) is 3.15. The van der Waals surface area contributed by atoms with Crippen LogP contribution in [-0.2, 0) is 0 Å². The number of thiol groups is 1. The molecule has 40 valence electrons. The van der Waals surface area contributed by atoms with E-state index < -0.39 is 0 Å². The summed E-state index contributed by atoms with van der Waals surface area (Å²) in [4.78, 5) is 0. The van der Waals surface area contributed by atoms with Crippen molar-refractivity contribution in [1.82, 2.24) is 9.84 Å². The van der Waals surface area contributed by atoms with Crippen LogP contribution >= 0.6 is 24.6 Å². The van der Waals surface area contributed by atoms with Crippen molar-refractivity contribution >= 4 is 24.6 Å². The fraction of sp³-hybridized carbons (Fsp3) is 0.333. The van der Waals surface area contributed by atoms with E-state index in [0.29, 0.717) is 0 Å². The SMILES string of the molecule is CN1NC=C(S)S1. The second-order valence-electron chi connectivity index (χ2n) is 1.20. The van der Waals surface area contributed by atoms with Crippen molar-refractivity contribution in [1.29, 1.82) is 0 Å². The first-order valence-electron chi connectivity index (χ1n) is 1.86. The molecule has 1 N–H and O–H groups in total. The van der Waals surface area contributed by atoms with Crippen molar-refractivity contribution in [2.75, 3.05) is 7.05 Å². The number of rotatable bonds is 0. The lowest BCUT2D eigenvalue weighted by atomic mass is 11.0. The summed E-state index contributed by atoms with van der Waals surface area (Å²) in [5, 5.41) is 0. The van der Waals surface area contributed by atoms with Gasteiger partial charge in [0.2, 0.25) is 0 Å². The molecule has 2 nitrogen and oxygen atoms in total. The number of hydrogen-bond donors (Lipinski definition) is 2. The minimum Gasteiger partial charge on any atom is -0.315 e. The Labute approximate surface area is 52.5 Å². The summed E-state index contributed by atoms with van der Waals surface area (Å²) in [5.41, 5.74) is 2.93. The highest BCUT2D eigenvalue weighted by molar-refractivity contribution is 8.14. The molecular weight excluding hydrogens is 128 g/mol. The minimum atomic E-state index is 1.00. The van der Waals surface area contributed by atoms with Crippen molar-refractivity contribution in [3.63, 3.8) is 0 Å². The molecule has 0 aromatic rings. The topological polar surface area (TPSA) is 15.3 Å². The molecule has 0 saturated carbocycles. The third-order valence-electron chi connectivity index (χ3n) is 0.600. The predicted molar refractivity (Wildman–Crippen MR) is 35.6 cm³/mol. The Kier molecular flexibility index (Phi) is 1.51. The van der Waals surface area contributed by atoms with Gasteiger partial charge in [0.05, 0.1) is 4.24 Å². The third kappa shape index (κ3) is 1.29. The predicted octanol–water partition coefficient (Wildman–Crippen LogP) is 0.813. The van der Waals surface area contributed by atoms with Gasteiger partial charge in [0.15, 0.2) is 0 Å². The molecule has 1 aliphatic rings. The molecule has 0 fully saturated rings. The van der Waals surface area contributed by atoms with Crippen LogP contribution in [0.25, 0.3) is 0 Å². The van der Waals surface area contributed by atoms with E-state index in [2.05, 4.69) is 18.1 Å². The van der Waals surface area contributed by atoms with Crippen molar-refractivity contribution in [3.8, 4) is 0 Å². The summed E-state index contributed by atoms with van der Waals surface area (Å²) in [7, 11) is 1.93. The molecule has 0 amide bonds. The van der Waals surface area contributed by atoms with Crippen LogP contribution in [0, 0.1) is 0 Å². The van der Waals surface area contributed by atoms with E-state index in [9.17, 15) is 0 Å². The van der Waals surface area contributed by atoms with Gasteiger partial charge in [0, 0.05) is 13.2 Å². The van der Waals surface area contributed by atoms with Crippen LogP contribution in [0.4, 0.5) is 0 Å². The van der Waals surface area contributed by atoms with Gasteiger partial charge in [-0.1, -0.05) is 0 Å². The van der Waals surface area contributed by atoms with E-state index in [1.54, 1.807) is 11.9 Å². The molecule has 0 aromatic heterocycles. The van der Waals surface area contributed by atoms with Crippen LogP contribution in [0.2, 0.25) is 0 Å². The lowest BCUT2D eigenvalue weighted by Crippen LogP contribution is -2.16. The summed E-state index contributed by atoms with van der Waals surface area (Å²) < 4.78 is 2.88. The molecule has 0 spiro atoms. The van der Waals surface area contributed by atoms with Gasteiger partial charge < -0.3 is 5.43 Å². The highest BCUT2D eigenvalue weighted by Crippen LogP contribution is 2.24. The molecule has 4 heteroatoms. The quantitative estimate of drug-likeness (QED) is 0.377. The standard InChI is InChI=1S/C3H6N2S2/c1-5-4-2-3(6)7-5/h2,4,6H,1H3. The fourth-order valence-corrected chi connectivity index (χ4v) is 1.26. The molecule has 0 radical (unpaired) electrons. The monoisotopic (exact) mass is 134 g/mol. The van der Waals surface area contributed by atoms with Crippen LogP contribution in [0.5, 0.6) is 0 Å². The molecule has 1 heterocycles. The molecular formula is C3H6N2S2. The molecule has 0 unspecified atom stereocenters. The Morgan fingerprint density at radius 1 is 2.00 bits per heavy atom. The zero-order valence-electron chi connectivity index (χ0n) is 3.88. The van der Waals surface area contributed by atoms with Gasteiger partial charge in [-0.25, -0.2) is 0 Å². The van der Waals surface area contributed by atoms with E-state index >= 15 is 0 Å². The van der Waals surface area contributed by atoms with Crippen molar-refractivity contribution < 1.29 is 0 Å². The van der Waals surface area contributed by atoms with Gasteiger partial charge in [-0.15, -0.1) is 12.6 Å². The highest BCUT2D eigenvalue weighted by atomic mass is 32.2. The number of hydrogen-bond acceptors (Lipinski definition) is 4. The van der Waals surface area contributed by atoms with Crippen LogP contribution in [0.3, 0.4) is 0 Å². The molecule has 0 saturated heterocycles. The van der Waals surface area contributed by atoms with Crippen LogP contribution in [0.15, 0.2) is 10.4 Å². The van der Waals surface area contributed by atoms with Gasteiger partial charge in [-0.3, -0.25) is 0 Å². The molecule has 1 rings (SSSR count). The van der Waals surface area contributed by atoms with Crippen molar-refractivity contribution in [2.45, 2.75) is 0 Å². The van der Waals surface area contributed by atoms with E-state index in [0.717, 1.165) is 4.24 Å². The molecule has 7 heavy (non-hydrogen) atoms. The molecule has 0 atom stereocenters. The Morgan fingerprint density at radius 3 is 2.86 bits per heavy atom. The first-order valence-corrected chi connectivity index (χ1v) is 3.08. The maximum Gasteiger partial charge on any atom is 0.0716 e. The molecule has 0 bridgehead atoms. The van der Waals surface area contributed by atoms with Crippen LogP contribution in [0.1, 0.15) is 0 Å². The summed E-state index contributed by atoms with van der Waals surface area (Å²) in [6.45, 7) is 0. The van der Waals surface area contributed by atoms with Gasteiger partial charge in [-0.05, 0) is 11.9 Å². The van der Waals surface area contributed by atoms with Gasteiger partial charge in [-0.2, -0.15) is 4.41 Å². The Morgan fingerprint density at radius 2 is 2.71 bits per heavy atom. The smallest absolute Gasteiger partial charge is 0.0716 e. The largest absolute Gasteiger partial charge is 0.315 e. The average Bonchev–Trinajstić information content (AvgIpc) is 1.87. The lowest BCUT2D eigenvalue weighted by molar-refractivity contribution is 0.505. The van der Waals surface area contributed by atoms with E-state index in [1.807, 2.05) is 17.7 Å². The Hall–Kier alpha value is 0.200. The fourth-order valence-electron chi connectivity index (χ4n) is 0.339. The second kappa shape index (κ2) is 1.98. The van der Waals surface area contributed by atoms with Crippen LogP contribution in [-0.4, -0.2) is 11.5 Å². The molecule has 1 aliphatic heterocycles. The van der Waals surface area contributed by atoms with E-state index in [-0.39, 0.29) is 0 Å². The van der Waals surface area contributed by atoms with Crippen LogP contribution < -0.4 is 5.43 Å². The van der Waals surface area contributed by atoms with Crippen molar-refractivity contribution in [2.24, 2.45) is 0 Å². The van der Waals surface area contributed by atoms with Crippen molar-refractivity contribution in [3.05, 3.63) is 10.4 Å². The number of nitrogens with zero attached hydrogens (tertiary/aromatic N) is 1.